The lowest BCUT2D eigenvalue weighted by Gasteiger charge is -2.51. The van der Waals surface area contributed by atoms with Crippen LogP contribution in [0.2, 0.25) is 0 Å². The summed E-state index contributed by atoms with van der Waals surface area (Å²) in [7, 11) is 0. The molecule has 0 aromatic heterocycles. The summed E-state index contributed by atoms with van der Waals surface area (Å²) in [5.74, 6) is 0. The van der Waals surface area contributed by atoms with Gasteiger partial charge >= 0.3 is 0 Å². The molecule has 0 amide bonds. The van der Waals surface area contributed by atoms with Crippen molar-refractivity contribution in [2.75, 3.05) is 19.8 Å². The Morgan fingerprint density at radius 2 is 1.70 bits per heavy atom. The van der Waals surface area contributed by atoms with Crippen molar-refractivity contribution in [2.45, 2.75) is 70.4 Å². The summed E-state index contributed by atoms with van der Waals surface area (Å²) in [6.45, 7) is 8.05. The van der Waals surface area contributed by atoms with E-state index in [2.05, 4.69) is 0 Å². The first-order valence-corrected chi connectivity index (χ1v) is 7.21. The molecule has 6 heteroatoms. The van der Waals surface area contributed by atoms with Crippen molar-refractivity contribution in [3.63, 3.8) is 0 Å². The van der Waals surface area contributed by atoms with Gasteiger partial charge in [-0.1, -0.05) is 0 Å². The summed E-state index contributed by atoms with van der Waals surface area (Å²) in [6, 6.07) is 0. The Morgan fingerprint density at radius 1 is 1.15 bits per heavy atom. The zero-order valence-electron chi connectivity index (χ0n) is 13.0. The van der Waals surface area contributed by atoms with Gasteiger partial charge in [-0.25, -0.2) is 0 Å². The predicted octanol–water partition coefficient (Wildman–Crippen LogP) is 1.13. The van der Waals surface area contributed by atoms with Gasteiger partial charge in [0.15, 0.2) is 6.29 Å². The zero-order valence-corrected chi connectivity index (χ0v) is 13.0. The molecule has 1 fully saturated rings. The second-order valence-corrected chi connectivity index (χ2v) is 6.66. The van der Waals surface area contributed by atoms with Crippen LogP contribution in [0, 0.1) is 0 Å². The van der Waals surface area contributed by atoms with E-state index in [1.165, 1.54) is 5.06 Å². The summed E-state index contributed by atoms with van der Waals surface area (Å²) < 4.78 is 11.2. The first-order valence-electron chi connectivity index (χ1n) is 7.21. The first-order chi connectivity index (χ1) is 9.23. The molecule has 1 saturated heterocycles. The van der Waals surface area contributed by atoms with E-state index >= 15 is 0 Å². The van der Waals surface area contributed by atoms with Gasteiger partial charge in [0, 0.05) is 17.7 Å². The molecule has 1 atom stereocenters. The van der Waals surface area contributed by atoms with Gasteiger partial charge in [-0.3, -0.25) is 0 Å². The second kappa shape index (κ2) is 7.15. The molecule has 0 radical (unpaired) electrons. The highest BCUT2D eigenvalue weighted by Crippen LogP contribution is 2.38. The number of aliphatic hydroxyl groups excluding tert-OH is 2. The largest absolute Gasteiger partial charge is 0.396 e. The topological polar surface area (TPSA) is 82.4 Å². The Hall–Kier alpha value is -0.240. The van der Waals surface area contributed by atoms with Crippen molar-refractivity contribution >= 4 is 0 Å². The summed E-state index contributed by atoms with van der Waals surface area (Å²) in [4.78, 5) is 0. The minimum absolute atomic E-state index is 0.0567. The summed E-state index contributed by atoms with van der Waals surface area (Å²) >= 11 is 0. The van der Waals surface area contributed by atoms with Crippen LogP contribution < -0.4 is 0 Å². The Labute approximate surface area is 121 Å². The monoisotopic (exact) mass is 291 g/mol. The Kier molecular flexibility index (Phi) is 6.37. The third-order valence-electron chi connectivity index (χ3n) is 3.70. The van der Waals surface area contributed by atoms with Crippen LogP contribution in [-0.2, 0) is 9.47 Å². The minimum atomic E-state index is -0.677. The average molecular weight is 291 g/mol. The van der Waals surface area contributed by atoms with E-state index in [0.717, 1.165) is 0 Å². The molecule has 1 rings (SSSR count). The van der Waals surface area contributed by atoms with Crippen LogP contribution in [-0.4, -0.2) is 63.8 Å². The van der Waals surface area contributed by atoms with Gasteiger partial charge in [-0.2, -0.15) is 5.06 Å². The maximum Gasteiger partial charge on any atom is 0.180 e. The van der Waals surface area contributed by atoms with Gasteiger partial charge in [-0.15, -0.1) is 0 Å². The number of ether oxygens (including phenoxy) is 2. The summed E-state index contributed by atoms with van der Waals surface area (Å²) in [5, 5.41) is 29.6. The number of hydroxylamine groups is 2. The highest BCUT2D eigenvalue weighted by Gasteiger charge is 2.46. The predicted molar refractivity (Wildman–Crippen MR) is 74.4 cm³/mol. The van der Waals surface area contributed by atoms with Gasteiger partial charge in [0.25, 0.3) is 0 Å². The van der Waals surface area contributed by atoms with E-state index in [9.17, 15) is 10.3 Å². The van der Waals surface area contributed by atoms with Crippen LogP contribution in [0.15, 0.2) is 0 Å². The standard InChI is InChI=1S/C14H29NO5/c1-13(2)8-11(9-14(3,4)15(13)18)20-12(10-17)19-7-5-6-16/h11-12,16-18H,5-10H2,1-4H3. The van der Waals surface area contributed by atoms with E-state index in [-0.39, 0.29) is 19.3 Å². The molecule has 6 nitrogen and oxygen atoms in total. The van der Waals surface area contributed by atoms with Crippen molar-refractivity contribution in [1.29, 1.82) is 0 Å². The van der Waals surface area contributed by atoms with Crippen molar-refractivity contribution in [3.8, 4) is 0 Å². The molecule has 120 valence electrons. The maximum atomic E-state index is 10.2. The van der Waals surface area contributed by atoms with Crippen LogP contribution in [0.4, 0.5) is 0 Å². The van der Waals surface area contributed by atoms with Crippen molar-refractivity contribution in [1.82, 2.24) is 5.06 Å². The molecule has 0 aliphatic carbocycles. The van der Waals surface area contributed by atoms with E-state index in [0.29, 0.717) is 25.9 Å². The molecule has 0 bridgehead atoms. The highest BCUT2D eigenvalue weighted by molar-refractivity contribution is 4.96. The van der Waals surface area contributed by atoms with E-state index < -0.39 is 17.4 Å². The molecular weight excluding hydrogens is 262 g/mol. The van der Waals surface area contributed by atoms with E-state index in [4.69, 9.17) is 14.6 Å². The fraction of sp³-hybridized carbons (Fsp3) is 1.00. The third kappa shape index (κ3) is 4.65. The van der Waals surface area contributed by atoms with E-state index in [1.807, 2.05) is 27.7 Å². The molecule has 3 N–H and O–H groups in total. The van der Waals surface area contributed by atoms with Crippen LogP contribution >= 0.6 is 0 Å². The SMILES string of the molecule is CC1(C)CC(OC(CO)OCCCO)CC(C)(C)N1O. The van der Waals surface area contributed by atoms with Crippen molar-refractivity contribution in [3.05, 3.63) is 0 Å². The number of aliphatic hydroxyl groups is 2. The number of nitrogens with zero attached hydrogens (tertiary/aromatic N) is 1. The first kappa shape index (κ1) is 17.8. The molecule has 0 aromatic rings. The molecular formula is C14H29NO5. The Balaban J connectivity index is 2.58. The maximum absolute atomic E-state index is 10.2. The molecule has 0 spiro atoms. The molecule has 0 aromatic carbocycles. The third-order valence-corrected chi connectivity index (χ3v) is 3.70. The molecule has 1 unspecified atom stereocenters. The van der Waals surface area contributed by atoms with Crippen LogP contribution in [0.25, 0.3) is 0 Å². The lowest BCUT2D eigenvalue weighted by atomic mass is 9.80. The lowest BCUT2D eigenvalue weighted by molar-refractivity contribution is -0.280. The number of piperidine rings is 1. The molecule has 1 aliphatic rings. The number of hydrogen-bond acceptors (Lipinski definition) is 6. The van der Waals surface area contributed by atoms with Crippen LogP contribution in [0.3, 0.4) is 0 Å². The van der Waals surface area contributed by atoms with Crippen molar-refractivity contribution < 1.29 is 24.9 Å². The Morgan fingerprint density at radius 3 is 2.15 bits per heavy atom. The summed E-state index contributed by atoms with van der Waals surface area (Å²) in [6.07, 6.45) is 1.07. The smallest absolute Gasteiger partial charge is 0.180 e. The molecule has 1 heterocycles. The fourth-order valence-corrected chi connectivity index (χ4v) is 2.90. The van der Waals surface area contributed by atoms with Gasteiger partial charge in [-0.05, 0) is 47.0 Å². The van der Waals surface area contributed by atoms with Gasteiger partial charge in [0.1, 0.15) is 0 Å². The lowest BCUT2D eigenvalue weighted by Crippen LogP contribution is -2.61. The zero-order chi connectivity index (χ0) is 15.4. The van der Waals surface area contributed by atoms with E-state index in [1.54, 1.807) is 0 Å². The number of rotatable bonds is 7. The van der Waals surface area contributed by atoms with Gasteiger partial charge < -0.3 is 24.9 Å². The van der Waals surface area contributed by atoms with Gasteiger partial charge in [0.05, 0.1) is 19.3 Å². The molecule has 1 aliphatic heterocycles. The molecule has 0 saturated carbocycles. The van der Waals surface area contributed by atoms with Crippen LogP contribution in [0.1, 0.15) is 47.0 Å². The van der Waals surface area contributed by atoms with Crippen molar-refractivity contribution in [2.24, 2.45) is 0 Å². The van der Waals surface area contributed by atoms with Crippen LogP contribution in [0.5, 0.6) is 0 Å². The normalized spacial score (nSPS) is 24.8. The van der Waals surface area contributed by atoms with Gasteiger partial charge in [0.2, 0.25) is 0 Å². The number of hydrogen-bond donors (Lipinski definition) is 3. The molecule has 20 heavy (non-hydrogen) atoms. The average Bonchev–Trinajstić information content (AvgIpc) is 2.34. The fourth-order valence-electron chi connectivity index (χ4n) is 2.90. The summed E-state index contributed by atoms with van der Waals surface area (Å²) in [5.41, 5.74) is -0.783. The quantitative estimate of drug-likeness (QED) is 0.482. The highest BCUT2D eigenvalue weighted by atomic mass is 16.7. The minimum Gasteiger partial charge on any atom is -0.396 e. The second-order valence-electron chi connectivity index (χ2n) is 6.66. The Bertz CT molecular complexity index is 277.